The molecule has 0 aliphatic carbocycles. The Bertz CT molecular complexity index is 125. The van der Waals surface area contributed by atoms with Crippen LogP contribution in [0.15, 0.2) is 0 Å². The zero-order chi connectivity index (χ0) is 11.0. The fraction of sp³-hybridized carbons (Fsp3) is 1.00. The van der Waals surface area contributed by atoms with Gasteiger partial charge in [0.15, 0.2) is 0 Å². The minimum atomic E-state index is 0.692. The van der Waals surface area contributed by atoms with Crippen LogP contribution < -0.4 is 5.32 Å². The Hall–Kier alpha value is 0.310. The third-order valence-electron chi connectivity index (χ3n) is 2.55. The quantitative estimate of drug-likeness (QED) is 0.667. The number of rotatable bonds is 8. The van der Waals surface area contributed by atoms with Gasteiger partial charge < -0.3 is 5.32 Å². The minimum Gasteiger partial charge on any atom is -0.313 e. The number of nitrogens with one attached hydrogen (secondary N) is 1. The maximum Gasteiger partial charge on any atom is 0.0181 e. The maximum absolute atomic E-state index is 3.55. The van der Waals surface area contributed by atoms with E-state index in [9.17, 15) is 0 Å². The summed E-state index contributed by atoms with van der Waals surface area (Å²) in [5.74, 6) is 2.15. The van der Waals surface area contributed by atoms with Crippen LogP contribution in [0.4, 0.5) is 0 Å². The van der Waals surface area contributed by atoms with Gasteiger partial charge in [-0.3, -0.25) is 0 Å². The number of hydrogen-bond donors (Lipinski definition) is 1. The summed E-state index contributed by atoms with van der Waals surface area (Å²) in [7, 11) is 0. The molecular weight excluding hydrogens is 190 g/mol. The molecule has 86 valence electrons. The summed E-state index contributed by atoms with van der Waals surface area (Å²) in [6.45, 7) is 12.5. The Morgan fingerprint density at radius 2 is 1.79 bits per heavy atom. The van der Waals surface area contributed by atoms with Gasteiger partial charge in [0.2, 0.25) is 0 Å². The molecule has 0 aromatic heterocycles. The molecule has 0 radical (unpaired) electrons. The lowest BCUT2D eigenvalue weighted by atomic mass is 10.1. The van der Waals surface area contributed by atoms with Crippen molar-refractivity contribution in [2.24, 2.45) is 5.92 Å². The van der Waals surface area contributed by atoms with E-state index < -0.39 is 0 Å². The highest BCUT2D eigenvalue weighted by molar-refractivity contribution is 7.99. The molecule has 0 aliphatic rings. The standard InChI is InChI=1S/C12H27NS/c1-6-12(13-7-2)11(5)14-9-8-10(3)4/h10-13H,6-9H2,1-5H3. The van der Waals surface area contributed by atoms with Crippen LogP contribution in [0.2, 0.25) is 0 Å². The number of thioether (sulfide) groups is 1. The maximum atomic E-state index is 3.55. The van der Waals surface area contributed by atoms with E-state index in [0.717, 1.165) is 17.7 Å². The zero-order valence-electron chi connectivity index (χ0n) is 10.5. The molecule has 0 aliphatic heterocycles. The fourth-order valence-electron chi connectivity index (χ4n) is 1.51. The Labute approximate surface area is 94.4 Å². The third-order valence-corrected chi connectivity index (χ3v) is 3.87. The van der Waals surface area contributed by atoms with E-state index in [2.05, 4.69) is 51.7 Å². The second-order valence-electron chi connectivity index (χ2n) is 4.33. The van der Waals surface area contributed by atoms with Crippen molar-refractivity contribution < 1.29 is 0 Å². The molecule has 0 aromatic carbocycles. The first-order valence-corrected chi connectivity index (χ1v) is 7.01. The summed E-state index contributed by atoms with van der Waals surface area (Å²) in [5, 5.41) is 4.30. The molecule has 0 rings (SSSR count). The first kappa shape index (κ1) is 14.3. The van der Waals surface area contributed by atoms with Gasteiger partial charge in [0.1, 0.15) is 0 Å². The molecule has 2 unspecified atom stereocenters. The van der Waals surface area contributed by atoms with Crippen LogP contribution in [0.25, 0.3) is 0 Å². The summed E-state index contributed by atoms with van der Waals surface area (Å²) in [4.78, 5) is 0. The first-order valence-electron chi connectivity index (χ1n) is 5.96. The van der Waals surface area contributed by atoms with E-state index in [1.807, 2.05) is 0 Å². The molecule has 0 heterocycles. The summed E-state index contributed by atoms with van der Waals surface area (Å²) >= 11 is 2.11. The van der Waals surface area contributed by atoms with Crippen molar-refractivity contribution in [2.45, 2.75) is 58.8 Å². The third kappa shape index (κ3) is 6.72. The van der Waals surface area contributed by atoms with Gasteiger partial charge in [-0.15, -0.1) is 0 Å². The van der Waals surface area contributed by atoms with Crippen molar-refractivity contribution in [2.75, 3.05) is 12.3 Å². The zero-order valence-corrected chi connectivity index (χ0v) is 11.3. The van der Waals surface area contributed by atoms with Crippen molar-refractivity contribution in [1.29, 1.82) is 0 Å². The minimum absolute atomic E-state index is 0.692. The molecule has 0 spiro atoms. The second-order valence-corrected chi connectivity index (χ2v) is 5.82. The van der Waals surface area contributed by atoms with Crippen LogP contribution in [0.1, 0.15) is 47.5 Å². The highest BCUT2D eigenvalue weighted by atomic mass is 32.2. The molecule has 2 heteroatoms. The van der Waals surface area contributed by atoms with Crippen LogP contribution >= 0.6 is 11.8 Å². The van der Waals surface area contributed by atoms with E-state index in [0.29, 0.717) is 6.04 Å². The van der Waals surface area contributed by atoms with Gasteiger partial charge >= 0.3 is 0 Å². The lowest BCUT2D eigenvalue weighted by molar-refractivity contribution is 0.508. The Morgan fingerprint density at radius 3 is 2.21 bits per heavy atom. The van der Waals surface area contributed by atoms with Crippen LogP contribution in [0.3, 0.4) is 0 Å². The van der Waals surface area contributed by atoms with Crippen molar-refractivity contribution in [3.8, 4) is 0 Å². The van der Waals surface area contributed by atoms with Crippen LogP contribution in [-0.4, -0.2) is 23.6 Å². The summed E-state index contributed by atoms with van der Waals surface area (Å²) < 4.78 is 0. The van der Waals surface area contributed by atoms with Gasteiger partial charge in [0, 0.05) is 11.3 Å². The van der Waals surface area contributed by atoms with Crippen LogP contribution in [0, 0.1) is 5.92 Å². The van der Waals surface area contributed by atoms with Crippen LogP contribution in [0.5, 0.6) is 0 Å². The molecule has 0 saturated carbocycles. The largest absolute Gasteiger partial charge is 0.313 e. The average Bonchev–Trinajstić information content (AvgIpc) is 2.13. The predicted molar refractivity (Wildman–Crippen MR) is 69.1 cm³/mol. The Balaban J connectivity index is 3.63. The van der Waals surface area contributed by atoms with E-state index >= 15 is 0 Å². The monoisotopic (exact) mass is 217 g/mol. The summed E-state index contributed by atoms with van der Waals surface area (Å²) in [6.07, 6.45) is 2.58. The fourth-order valence-corrected chi connectivity index (χ4v) is 3.01. The van der Waals surface area contributed by atoms with E-state index in [4.69, 9.17) is 0 Å². The normalized spacial score (nSPS) is 15.9. The predicted octanol–water partition coefficient (Wildman–Crippen LogP) is 3.54. The molecule has 0 amide bonds. The van der Waals surface area contributed by atoms with Gasteiger partial charge in [-0.05, 0) is 31.1 Å². The average molecular weight is 217 g/mol. The lowest BCUT2D eigenvalue weighted by Crippen LogP contribution is -2.36. The van der Waals surface area contributed by atoms with Gasteiger partial charge in [0.25, 0.3) is 0 Å². The molecule has 14 heavy (non-hydrogen) atoms. The second kappa shape index (κ2) is 8.60. The topological polar surface area (TPSA) is 12.0 Å². The molecule has 2 atom stereocenters. The SMILES string of the molecule is CCNC(CC)C(C)SCCC(C)C. The molecular formula is C12H27NS. The van der Waals surface area contributed by atoms with Crippen molar-refractivity contribution in [3.05, 3.63) is 0 Å². The lowest BCUT2D eigenvalue weighted by Gasteiger charge is -2.23. The molecule has 1 N–H and O–H groups in total. The Kier molecular flexibility index (Phi) is 8.80. The molecule has 0 aromatic rings. The highest BCUT2D eigenvalue weighted by Gasteiger charge is 2.13. The Morgan fingerprint density at radius 1 is 1.14 bits per heavy atom. The molecule has 1 nitrogen and oxygen atoms in total. The van der Waals surface area contributed by atoms with Gasteiger partial charge in [-0.25, -0.2) is 0 Å². The summed E-state index contributed by atoms with van der Waals surface area (Å²) in [5.41, 5.74) is 0. The summed E-state index contributed by atoms with van der Waals surface area (Å²) in [6, 6.07) is 0.692. The van der Waals surface area contributed by atoms with Crippen molar-refractivity contribution in [3.63, 3.8) is 0 Å². The van der Waals surface area contributed by atoms with E-state index in [1.54, 1.807) is 0 Å². The van der Waals surface area contributed by atoms with Gasteiger partial charge in [-0.1, -0.05) is 34.6 Å². The number of hydrogen-bond acceptors (Lipinski definition) is 2. The van der Waals surface area contributed by atoms with E-state index in [1.165, 1.54) is 18.6 Å². The molecule has 0 bridgehead atoms. The van der Waals surface area contributed by atoms with Crippen molar-refractivity contribution in [1.82, 2.24) is 5.32 Å². The van der Waals surface area contributed by atoms with Crippen LogP contribution in [-0.2, 0) is 0 Å². The van der Waals surface area contributed by atoms with Crippen molar-refractivity contribution >= 4 is 11.8 Å². The van der Waals surface area contributed by atoms with Gasteiger partial charge in [-0.2, -0.15) is 11.8 Å². The smallest absolute Gasteiger partial charge is 0.0181 e. The highest BCUT2D eigenvalue weighted by Crippen LogP contribution is 2.19. The molecule has 0 saturated heterocycles. The first-order chi connectivity index (χ1) is 6.61. The van der Waals surface area contributed by atoms with Gasteiger partial charge in [0.05, 0.1) is 0 Å². The molecule has 0 fully saturated rings. The van der Waals surface area contributed by atoms with E-state index in [-0.39, 0.29) is 0 Å².